The minimum Gasteiger partial charge on any atom is -0.335 e. The van der Waals surface area contributed by atoms with Crippen molar-refractivity contribution in [2.45, 2.75) is 13.8 Å². The zero-order valence-corrected chi connectivity index (χ0v) is 13.2. The summed E-state index contributed by atoms with van der Waals surface area (Å²) in [5.74, 6) is 0.150. The van der Waals surface area contributed by atoms with Crippen LogP contribution in [0.3, 0.4) is 0 Å². The molecule has 1 amide bonds. The predicted molar refractivity (Wildman–Crippen MR) is 77.7 cm³/mol. The molecule has 18 heavy (non-hydrogen) atoms. The Kier molecular flexibility index (Phi) is 4.75. The maximum Gasteiger partial charge on any atom is 0.265 e. The van der Waals surface area contributed by atoms with Gasteiger partial charge < -0.3 is 4.90 Å². The molecule has 1 aromatic heterocycles. The van der Waals surface area contributed by atoms with Crippen LogP contribution in [0.4, 0.5) is 0 Å². The molecule has 0 N–H and O–H groups in total. The first kappa shape index (κ1) is 14.0. The lowest BCUT2D eigenvalue weighted by Gasteiger charge is -2.34. The molecule has 0 saturated carbocycles. The molecule has 1 aromatic rings. The standard InChI is InChI=1S/C12H18BrN3OS/c1-9-11(18-10(2)14-9)12(17)16-7-5-15(4-3-13)6-8-16/h3-8H2,1-2H3. The number of amides is 1. The molecule has 0 unspecified atom stereocenters. The van der Waals surface area contributed by atoms with Gasteiger partial charge in [-0.3, -0.25) is 9.69 Å². The average Bonchev–Trinajstić information content (AvgIpc) is 2.69. The van der Waals surface area contributed by atoms with Crippen molar-refractivity contribution in [2.24, 2.45) is 0 Å². The van der Waals surface area contributed by atoms with Crippen molar-refractivity contribution in [3.63, 3.8) is 0 Å². The Hall–Kier alpha value is -0.460. The van der Waals surface area contributed by atoms with E-state index < -0.39 is 0 Å². The van der Waals surface area contributed by atoms with Crippen molar-refractivity contribution >= 4 is 33.2 Å². The van der Waals surface area contributed by atoms with Crippen molar-refractivity contribution in [3.05, 3.63) is 15.6 Å². The van der Waals surface area contributed by atoms with E-state index in [1.165, 1.54) is 11.3 Å². The van der Waals surface area contributed by atoms with E-state index in [4.69, 9.17) is 0 Å². The molecule has 0 aromatic carbocycles. The summed E-state index contributed by atoms with van der Waals surface area (Å²) in [6.45, 7) is 8.49. The fourth-order valence-corrected chi connectivity index (χ4v) is 3.56. The third kappa shape index (κ3) is 3.10. The number of rotatable bonds is 3. The highest BCUT2D eigenvalue weighted by atomic mass is 79.9. The third-order valence-corrected chi connectivity index (χ3v) is 4.57. The second kappa shape index (κ2) is 6.12. The number of alkyl halides is 1. The Morgan fingerprint density at radius 2 is 2.00 bits per heavy atom. The largest absolute Gasteiger partial charge is 0.335 e. The first-order valence-corrected chi connectivity index (χ1v) is 8.07. The fourth-order valence-electron chi connectivity index (χ4n) is 2.17. The fraction of sp³-hybridized carbons (Fsp3) is 0.667. The lowest BCUT2D eigenvalue weighted by molar-refractivity contribution is 0.0649. The summed E-state index contributed by atoms with van der Waals surface area (Å²) in [6.07, 6.45) is 0. The zero-order chi connectivity index (χ0) is 13.1. The van der Waals surface area contributed by atoms with Gasteiger partial charge in [-0.05, 0) is 13.8 Å². The molecule has 0 spiro atoms. The molecule has 100 valence electrons. The van der Waals surface area contributed by atoms with Crippen molar-refractivity contribution in [1.29, 1.82) is 0 Å². The Morgan fingerprint density at radius 1 is 1.33 bits per heavy atom. The molecule has 0 bridgehead atoms. The Bertz CT molecular complexity index is 427. The van der Waals surface area contributed by atoms with Gasteiger partial charge in [-0.2, -0.15) is 0 Å². The molecule has 6 heteroatoms. The van der Waals surface area contributed by atoms with E-state index in [9.17, 15) is 4.79 Å². The molecule has 0 radical (unpaired) electrons. The molecule has 2 rings (SSSR count). The number of aryl methyl sites for hydroxylation is 2. The summed E-state index contributed by atoms with van der Waals surface area (Å²) >= 11 is 4.95. The van der Waals surface area contributed by atoms with E-state index >= 15 is 0 Å². The Balaban J connectivity index is 1.97. The molecule has 1 aliphatic heterocycles. The van der Waals surface area contributed by atoms with Crippen LogP contribution in [0.2, 0.25) is 0 Å². The molecule has 0 aliphatic carbocycles. The Labute approximate surface area is 120 Å². The Morgan fingerprint density at radius 3 is 2.50 bits per heavy atom. The average molecular weight is 332 g/mol. The molecular weight excluding hydrogens is 314 g/mol. The first-order chi connectivity index (χ1) is 8.61. The number of halogens is 1. The summed E-state index contributed by atoms with van der Waals surface area (Å²) in [4.78, 5) is 21.8. The van der Waals surface area contributed by atoms with Gasteiger partial charge in [-0.25, -0.2) is 4.98 Å². The number of hydrogen-bond donors (Lipinski definition) is 0. The van der Waals surface area contributed by atoms with Gasteiger partial charge in [-0.15, -0.1) is 11.3 Å². The van der Waals surface area contributed by atoms with Crippen molar-refractivity contribution < 1.29 is 4.79 Å². The van der Waals surface area contributed by atoms with Crippen molar-refractivity contribution in [3.8, 4) is 0 Å². The van der Waals surface area contributed by atoms with Crippen LogP contribution in [0.1, 0.15) is 20.4 Å². The summed E-state index contributed by atoms with van der Waals surface area (Å²) in [6, 6.07) is 0. The van der Waals surface area contributed by atoms with E-state index in [1.54, 1.807) is 0 Å². The highest BCUT2D eigenvalue weighted by Gasteiger charge is 2.24. The van der Waals surface area contributed by atoms with E-state index in [2.05, 4.69) is 25.8 Å². The van der Waals surface area contributed by atoms with Gasteiger partial charge in [0.05, 0.1) is 10.7 Å². The van der Waals surface area contributed by atoms with E-state index in [1.807, 2.05) is 18.7 Å². The van der Waals surface area contributed by atoms with Crippen LogP contribution >= 0.6 is 27.3 Å². The normalized spacial score (nSPS) is 17.2. The van der Waals surface area contributed by atoms with Crippen LogP contribution in [-0.4, -0.2) is 58.7 Å². The van der Waals surface area contributed by atoms with Crippen LogP contribution in [0.15, 0.2) is 0 Å². The molecule has 2 heterocycles. The molecule has 4 nitrogen and oxygen atoms in total. The minimum absolute atomic E-state index is 0.150. The predicted octanol–water partition coefficient (Wildman–Crippen LogP) is 1.91. The monoisotopic (exact) mass is 331 g/mol. The first-order valence-electron chi connectivity index (χ1n) is 6.13. The number of piperazine rings is 1. The minimum atomic E-state index is 0.150. The maximum atomic E-state index is 12.4. The van der Waals surface area contributed by atoms with Crippen LogP contribution in [-0.2, 0) is 0 Å². The van der Waals surface area contributed by atoms with E-state index in [0.29, 0.717) is 0 Å². The summed E-state index contributed by atoms with van der Waals surface area (Å²) in [7, 11) is 0. The molecule has 1 aliphatic rings. The van der Waals surface area contributed by atoms with Crippen LogP contribution in [0.25, 0.3) is 0 Å². The quantitative estimate of drug-likeness (QED) is 0.794. The summed E-state index contributed by atoms with van der Waals surface area (Å²) in [5, 5.41) is 1.96. The summed E-state index contributed by atoms with van der Waals surface area (Å²) < 4.78 is 0. The van der Waals surface area contributed by atoms with Gasteiger partial charge in [0.15, 0.2) is 0 Å². The number of aromatic nitrogens is 1. The second-order valence-electron chi connectivity index (χ2n) is 4.47. The lowest BCUT2D eigenvalue weighted by Crippen LogP contribution is -2.49. The highest BCUT2D eigenvalue weighted by molar-refractivity contribution is 9.09. The van der Waals surface area contributed by atoms with Gasteiger partial charge in [0.25, 0.3) is 5.91 Å². The lowest BCUT2D eigenvalue weighted by atomic mass is 10.2. The molecular formula is C12H18BrN3OS. The van der Waals surface area contributed by atoms with Crippen LogP contribution in [0.5, 0.6) is 0 Å². The number of nitrogens with zero attached hydrogens (tertiary/aromatic N) is 3. The van der Waals surface area contributed by atoms with Crippen molar-refractivity contribution in [1.82, 2.24) is 14.8 Å². The molecule has 0 atom stereocenters. The SMILES string of the molecule is Cc1nc(C)c(C(=O)N2CCN(CCBr)CC2)s1. The zero-order valence-electron chi connectivity index (χ0n) is 10.8. The van der Waals surface area contributed by atoms with E-state index in [0.717, 1.165) is 53.6 Å². The molecule has 1 fully saturated rings. The van der Waals surface area contributed by atoms with Gasteiger partial charge in [0.2, 0.25) is 0 Å². The van der Waals surface area contributed by atoms with Gasteiger partial charge in [-0.1, -0.05) is 15.9 Å². The summed E-state index contributed by atoms with van der Waals surface area (Å²) in [5.41, 5.74) is 0.866. The van der Waals surface area contributed by atoms with Gasteiger partial charge >= 0.3 is 0 Å². The second-order valence-corrected chi connectivity index (χ2v) is 6.47. The van der Waals surface area contributed by atoms with E-state index in [-0.39, 0.29) is 5.91 Å². The van der Waals surface area contributed by atoms with Crippen LogP contribution in [0, 0.1) is 13.8 Å². The smallest absolute Gasteiger partial charge is 0.265 e. The topological polar surface area (TPSA) is 36.4 Å². The van der Waals surface area contributed by atoms with Crippen molar-refractivity contribution in [2.75, 3.05) is 38.1 Å². The maximum absolute atomic E-state index is 12.4. The number of hydrogen-bond acceptors (Lipinski definition) is 4. The van der Waals surface area contributed by atoms with Crippen LogP contribution < -0.4 is 0 Å². The highest BCUT2D eigenvalue weighted by Crippen LogP contribution is 2.20. The third-order valence-electron chi connectivity index (χ3n) is 3.16. The molecule has 1 saturated heterocycles. The van der Waals surface area contributed by atoms with Gasteiger partial charge in [0.1, 0.15) is 4.88 Å². The number of carbonyl (C=O) groups excluding carboxylic acids is 1. The number of carbonyl (C=O) groups is 1. The number of thiazole rings is 1. The van der Waals surface area contributed by atoms with Gasteiger partial charge in [0, 0.05) is 38.1 Å².